The molecule has 0 radical (unpaired) electrons. The predicted molar refractivity (Wildman–Crippen MR) is 96.6 cm³/mol. The summed E-state index contributed by atoms with van der Waals surface area (Å²) in [5.41, 5.74) is 4.26. The molecule has 0 saturated heterocycles. The number of carbonyl (C=O) groups excluding carboxylic acids is 1. The Kier molecular flexibility index (Phi) is 4.89. The van der Waals surface area contributed by atoms with E-state index in [0.29, 0.717) is 5.13 Å². The van der Waals surface area contributed by atoms with Crippen LogP contribution in [0.1, 0.15) is 59.8 Å². The van der Waals surface area contributed by atoms with Gasteiger partial charge in [0.2, 0.25) is 0 Å². The Morgan fingerprint density at radius 2 is 2.00 bits per heavy atom. The highest BCUT2D eigenvalue weighted by Crippen LogP contribution is 2.29. The van der Waals surface area contributed by atoms with Gasteiger partial charge in [0.05, 0.1) is 17.4 Å². The molecule has 2 aromatic heterocycles. The number of urea groups is 1. The van der Waals surface area contributed by atoms with Crippen LogP contribution in [0.25, 0.3) is 0 Å². The summed E-state index contributed by atoms with van der Waals surface area (Å²) in [6.45, 7) is 5.97. The van der Waals surface area contributed by atoms with Crippen molar-refractivity contribution in [1.82, 2.24) is 20.1 Å². The monoisotopic (exact) mass is 347 g/mol. The van der Waals surface area contributed by atoms with Crippen LogP contribution in [0.4, 0.5) is 9.93 Å². The molecule has 6 nitrogen and oxygen atoms in total. The van der Waals surface area contributed by atoms with E-state index < -0.39 is 0 Å². The van der Waals surface area contributed by atoms with E-state index >= 15 is 0 Å². The number of rotatable bonds is 3. The van der Waals surface area contributed by atoms with Crippen LogP contribution in [0.2, 0.25) is 0 Å². The molecule has 0 aliphatic heterocycles. The number of fused-ring (bicyclic) bond motifs is 1. The number of anilines is 1. The smallest absolute Gasteiger partial charge is 0.321 e. The molecule has 3 rings (SSSR count). The maximum atomic E-state index is 12.3. The fourth-order valence-electron chi connectivity index (χ4n) is 3.40. The second-order valence-electron chi connectivity index (χ2n) is 6.48. The van der Waals surface area contributed by atoms with Crippen LogP contribution < -0.4 is 10.6 Å². The minimum Gasteiger partial charge on any atom is -0.331 e. The van der Waals surface area contributed by atoms with E-state index in [4.69, 9.17) is 0 Å². The average molecular weight is 347 g/mol. The van der Waals surface area contributed by atoms with Crippen molar-refractivity contribution >= 4 is 22.5 Å². The number of carbonyl (C=O) groups is 1. The molecule has 2 aromatic rings. The normalized spacial score (nSPS) is 15.5. The summed E-state index contributed by atoms with van der Waals surface area (Å²) in [7, 11) is 1.92. The first-order valence-corrected chi connectivity index (χ1v) is 9.33. The van der Waals surface area contributed by atoms with E-state index in [1.807, 2.05) is 32.5 Å². The first-order valence-electron chi connectivity index (χ1n) is 8.52. The highest BCUT2D eigenvalue weighted by molar-refractivity contribution is 7.15. The van der Waals surface area contributed by atoms with Crippen molar-refractivity contribution in [2.45, 2.75) is 58.9 Å². The van der Waals surface area contributed by atoms with Crippen LogP contribution in [0.5, 0.6) is 0 Å². The van der Waals surface area contributed by atoms with Gasteiger partial charge in [0, 0.05) is 23.2 Å². The van der Waals surface area contributed by atoms with Gasteiger partial charge in [-0.3, -0.25) is 10.00 Å². The zero-order chi connectivity index (χ0) is 17.3. The first-order chi connectivity index (χ1) is 11.5. The molecule has 24 heavy (non-hydrogen) atoms. The lowest BCUT2D eigenvalue weighted by molar-refractivity contribution is 0.249. The highest BCUT2D eigenvalue weighted by Gasteiger charge is 2.19. The molecule has 0 fully saturated rings. The van der Waals surface area contributed by atoms with Crippen molar-refractivity contribution < 1.29 is 4.79 Å². The van der Waals surface area contributed by atoms with Crippen molar-refractivity contribution in [2.24, 2.45) is 7.05 Å². The van der Waals surface area contributed by atoms with Crippen molar-refractivity contribution in [2.75, 3.05) is 5.32 Å². The first kappa shape index (κ1) is 17.0. The summed E-state index contributed by atoms with van der Waals surface area (Å²) in [4.78, 5) is 18.3. The van der Waals surface area contributed by atoms with Crippen molar-refractivity contribution in [3.63, 3.8) is 0 Å². The van der Waals surface area contributed by atoms with E-state index in [1.54, 1.807) is 11.3 Å². The Balaban J connectivity index is 1.65. The highest BCUT2D eigenvalue weighted by atomic mass is 32.1. The SMILES string of the molecule is Cc1nn(C)c(C)c1C(C)NC(=O)Nc1nc2c(s1)CCCCC2. The fraction of sp³-hybridized carbons (Fsp3) is 0.588. The van der Waals surface area contributed by atoms with Gasteiger partial charge in [0.25, 0.3) is 0 Å². The molecule has 2 amide bonds. The van der Waals surface area contributed by atoms with Crippen molar-refractivity contribution in [3.8, 4) is 0 Å². The van der Waals surface area contributed by atoms with Crippen LogP contribution in [-0.4, -0.2) is 20.8 Å². The summed E-state index contributed by atoms with van der Waals surface area (Å²) in [6.07, 6.45) is 5.80. The molecule has 130 valence electrons. The Morgan fingerprint density at radius 1 is 1.25 bits per heavy atom. The molecule has 1 unspecified atom stereocenters. The quantitative estimate of drug-likeness (QED) is 0.833. The molecule has 7 heteroatoms. The van der Waals surface area contributed by atoms with E-state index in [-0.39, 0.29) is 12.1 Å². The number of aryl methyl sites for hydroxylation is 4. The van der Waals surface area contributed by atoms with Crippen LogP contribution in [0.3, 0.4) is 0 Å². The number of hydrogen-bond acceptors (Lipinski definition) is 4. The lowest BCUT2D eigenvalue weighted by Gasteiger charge is -2.14. The minimum absolute atomic E-state index is 0.100. The molecule has 1 atom stereocenters. The van der Waals surface area contributed by atoms with Crippen LogP contribution in [-0.2, 0) is 19.9 Å². The Labute approximate surface area is 146 Å². The molecule has 1 aliphatic rings. The Morgan fingerprint density at radius 3 is 2.71 bits per heavy atom. The summed E-state index contributed by atoms with van der Waals surface area (Å²) < 4.78 is 1.85. The molecular formula is C17H25N5OS. The number of nitrogens with one attached hydrogen (secondary N) is 2. The number of aromatic nitrogens is 3. The molecule has 2 N–H and O–H groups in total. The number of hydrogen-bond donors (Lipinski definition) is 2. The largest absolute Gasteiger partial charge is 0.331 e. The second kappa shape index (κ2) is 6.93. The van der Waals surface area contributed by atoms with Gasteiger partial charge in [0.1, 0.15) is 0 Å². The maximum Gasteiger partial charge on any atom is 0.321 e. The minimum atomic E-state index is -0.214. The van der Waals surface area contributed by atoms with Gasteiger partial charge in [-0.2, -0.15) is 5.10 Å². The summed E-state index contributed by atoms with van der Waals surface area (Å²) in [5, 5.41) is 11.0. The third-order valence-corrected chi connectivity index (χ3v) is 5.73. The summed E-state index contributed by atoms with van der Waals surface area (Å²) in [6, 6.07) is -0.314. The zero-order valence-corrected chi connectivity index (χ0v) is 15.6. The topological polar surface area (TPSA) is 71.8 Å². The van der Waals surface area contributed by atoms with Gasteiger partial charge in [-0.05, 0) is 46.5 Å². The predicted octanol–water partition coefficient (Wildman–Crippen LogP) is 3.65. The molecule has 0 spiro atoms. The maximum absolute atomic E-state index is 12.3. The van der Waals surface area contributed by atoms with E-state index in [0.717, 1.165) is 29.8 Å². The zero-order valence-electron chi connectivity index (χ0n) is 14.8. The fourth-order valence-corrected chi connectivity index (χ4v) is 4.45. The summed E-state index contributed by atoms with van der Waals surface area (Å²) >= 11 is 1.61. The third kappa shape index (κ3) is 3.45. The molecule has 0 aromatic carbocycles. The van der Waals surface area contributed by atoms with Crippen LogP contribution in [0.15, 0.2) is 0 Å². The molecule has 0 bridgehead atoms. The molecular weight excluding hydrogens is 322 g/mol. The Bertz CT molecular complexity index is 725. The van der Waals surface area contributed by atoms with E-state index in [2.05, 4.69) is 20.7 Å². The van der Waals surface area contributed by atoms with Gasteiger partial charge in [-0.15, -0.1) is 11.3 Å². The molecule has 1 aliphatic carbocycles. The third-order valence-electron chi connectivity index (χ3n) is 4.66. The molecule has 2 heterocycles. The van der Waals surface area contributed by atoms with Crippen LogP contribution >= 0.6 is 11.3 Å². The van der Waals surface area contributed by atoms with Gasteiger partial charge in [-0.1, -0.05) is 6.42 Å². The van der Waals surface area contributed by atoms with Gasteiger partial charge in [-0.25, -0.2) is 9.78 Å². The number of nitrogens with zero attached hydrogens (tertiary/aromatic N) is 3. The Hall–Kier alpha value is -1.89. The second-order valence-corrected chi connectivity index (χ2v) is 7.56. The van der Waals surface area contributed by atoms with Gasteiger partial charge >= 0.3 is 6.03 Å². The van der Waals surface area contributed by atoms with E-state index in [1.165, 1.54) is 29.8 Å². The average Bonchev–Trinajstić information content (AvgIpc) is 2.90. The number of amides is 2. The molecule has 0 saturated carbocycles. The summed E-state index contributed by atoms with van der Waals surface area (Å²) in [5.74, 6) is 0. The van der Waals surface area contributed by atoms with Crippen LogP contribution in [0, 0.1) is 13.8 Å². The number of thiazole rings is 1. The van der Waals surface area contributed by atoms with Gasteiger partial charge in [0.15, 0.2) is 5.13 Å². The standard InChI is InChI=1S/C17H25N5OS/c1-10(15-11(2)21-22(4)12(15)3)18-16(23)20-17-19-13-8-6-5-7-9-14(13)24-17/h10H,5-9H2,1-4H3,(H2,18,19,20,23). The van der Waals surface area contributed by atoms with Crippen molar-refractivity contribution in [3.05, 3.63) is 27.5 Å². The van der Waals surface area contributed by atoms with E-state index in [9.17, 15) is 4.79 Å². The van der Waals surface area contributed by atoms with Crippen molar-refractivity contribution in [1.29, 1.82) is 0 Å². The van der Waals surface area contributed by atoms with Gasteiger partial charge < -0.3 is 5.32 Å². The lowest BCUT2D eigenvalue weighted by atomic mass is 10.1. The lowest BCUT2D eigenvalue weighted by Crippen LogP contribution is -2.31.